The second kappa shape index (κ2) is 4.17. The van der Waals surface area contributed by atoms with Gasteiger partial charge in [-0.05, 0) is 40.0 Å². The fourth-order valence-electron chi connectivity index (χ4n) is 1.63. The Labute approximate surface area is 85.2 Å². The molecule has 4 nitrogen and oxygen atoms in total. The summed E-state index contributed by atoms with van der Waals surface area (Å²) in [6.45, 7) is 5.55. The summed E-state index contributed by atoms with van der Waals surface area (Å²) in [5, 5.41) is 2.80. The monoisotopic (exact) mass is 200 g/mol. The first-order valence-electron chi connectivity index (χ1n) is 5.13. The van der Waals surface area contributed by atoms with Gasteiger partial charge >= 0.3 is 6.09 Å². The van der Waals surface area contributed by atoms with Crippen molar-refractivity contribution in [1.29, 1.82) is 0 Å². The minimum atomic E-state index is -0.438. The van der Waals surface area contributed by atoms with Gasteiger partial charge < -0.3 is 15.8 Å². The molecule has 0 bridgehead atoms. The maximum absolute atomic E-state index is 11.4. The van der Waals surface area contributed by atoms with Gasteiger partial charge in [0, 0.05) is 12.1 Å². The van der Waals surface area contributed by atoms with Crippen molar-refractivity contribution >= 4 is 6.09 Å². The van der Waals surface area contributed by atoms with Gasteiger partial charge in [0.15, 0.2) is 0 Å². The van der Waals surface area contributed by atoms with Crippen LogP contribution in [0.3, 0.4) is 0 Å². The summed E-state index contributed by atoms with van der Waals surface area (Å²) in [4.78, 5) is 11.4. The zero-order valence-electron chi connectivity index (χ0n) is 9.17. The molecule has 0 spiro atoms. The van der Waals surface area contributed by atoms with Gasteiger partial charge in [0.05, 0.1) is 0 Å². The molecule has 3 N–H and O–H groups in total. The molecule has 1 amide bonds. The molecule has 0 aromatic carbocycles. The fraction of sp³-hybridized carbons (Fsp3) is 0.900. The van der Waals surface area contributed by atoms with Gasteiger partial charge in [0.25, 0.3) is 0 Å². The lowest BCUT2D eigenvalue weighted by Crippen LogP contribution is -2.45. The summed E-state index contributed by atoms with van der Waals surface area (Å²) in [7, 11) is 0. The van der Waals surface area contributed by atoms with E-state index >= 15 is 0 Å². The highest BCUT2D eigenvalue weighted by Crippen LogP contribution is 2.17. The van der Waals surface area contributed by atoms with E-state index in [1.807, 2.05) is 20.8 Å². The molecule has 0 saturated heterocycles. The van der Waals surface area contributed by atoms with Gasteiger partial charge in [-0.2, -0.15) is 0 Å². The van der Waals surface area contributed by atoms with Crippen LogP contribution in [0.15, 0.2) is 0 Å². The van der Waals surface area contributed by atoms with E-state index in [2.05, 4.69) is 5.32 Å². The molecule has 14 heavy (non-hydrogen) atoms. The summed E-state index contributed by atoms with van der Waals surface area (Å²) in [5.74, 6) is 0. The molecule has 0 heterocycles. The molecule has 0 radical (unpaired) electrons. The predicted molar refractivity (Wildman–Crippen MR) is 55.0 cm³/mol. The van der Waals surface area contributed by atoms with Gasteiger partial charge in [0.2, 0.25) is 0 Å². The molecule has 1 rings (SSSR count). The molecule has 82 valence electrons. The quantitative estimate of drug-likeness (QED) is 0.672. The third-order valence-electron chi connectivity index (χ3n) is 2.27. The molecule has 4 heteroatoms. The Balaban J connectivity index is 2.33. The van der Waals surface area contributed by atoms with Crippen LogP contribution in [-0.4, -0.2) is 23.8 Å². The minimum absolute atomic E-state index is 0.0857. The fourth-order valence-corrected chi connectivity index (χ4v) is 1.63. The van der Waals surface area contributed by atoms with Crippen molar-refractivity contribution in [1.82, 2.24) is 5.32 Å². The standard InChI is InChI=1S/C10H20N2O2/c1-10(2,3)14-9(13)12-8-6-4-5-7(8)11/h7-8H,4-6,11H2,1-3H3,(H,12,13)/t7-,8-/m0/s1. The number of hydrogen-bond donors (Lipinski definition) is 2. The van der Waals surface area contributed by atoms with Crippen molar-refractivity contribution < 1.29 is 9.53 Å². The van der Waals surface area contributed by atoms with Gasteiger partial charge in [-0.1, -0.05) is 0 Å². The van der Waals surface area contributed by atoms with Crippen LogP contribution >= 0.6 is 0 Å². The van der Waals surface area contributed by atoms with E-state index in [9.17, 15) is 4.79 Å². The number of alkyl carbamates (subject to hydrolysis) is 1. The molecule has 0 aromatic rings. The van der Waals surface area contributed by atoms with Crippen LogP contribution in [0.25, 0.3) is 0 Å². The first-order chi connectivity index (χ1) is 6.38. The summed E-state index contributed by atoms with van der Waals surface area (Å²) in [5.41, 5.74) is 5.38. The summed E-state index contributed by atoms with van der Waals surface area (Å²) < 4.78 is 5.14. The Morgan fingerprint density at radius 3 is 2.50 bits per heavy atom. The van der Waals surface area contributed by atoms with Gasteiger partial charge in [-0.3, -0.25) is 0 Å². The number of carbonyl (C=O) groups is 1. The lowest BCUT2D eigenvalue weighted by molar-refractivity contribution is 0.0501. The van der Waals surface area contributed by atoms with E-state index in [1.54, 1.807) is 0 Å². The Hall–Kier alpha value is -0.770. The van der Waals surface area contributed by atoms with Gasteiger partial charge in [0.1, 0.15) is 5.60 Å². The van der Waals surface area contributed by atoms with Crippen LogP contribution in [-0.2, 0) is 4.74 Å². The van der Waals surface area contributed by atoms with Crippen LogP contribution in [0.4, 0.5) is 4.79 Å². The third kappa shape index (κ3) is 3.54. The highest BCUT2D eigenvalue weighted by molar-refractivity contribution is 5.68. The van der Waals surface area contributed by atoms with Crippen molar-refractivity contribution in [2.75, 3.05) is 0 Å². The molecule has 0 aliphatic heterocycles. The largest absolute Gasteiger partial charge is 0.444 e. The molecule has 0 unspecified atom stereocenters. The summed E-state index contributed by atoms with van der Waals surface area (Å²) in [6.07, 6.45) is 2.67. The SMILES string of the molecule is CC(C)(C)OC(=O)N[C@H]1CCC[C@@H]1N. The number of hydrogen-bond acceptors (Lipinski definition) is 3. The second-order valence-electron chi connectivity index (χ2n) is 4.85. The first kappa shape index (κ1) is 11.3. The normalized spacial score (nSPS) is 27.4. The van der Waals surface area contributed by atoms with E-state index < -0.39 is 5.60 Å². The van der Waals surface area contributed by atoms with Gasteiger partial charge in [-0.15, -0.1) is 0 Å². The van der Waals surface area contributed by atoms with Crippen molar-refractivity contribution in [3.8, 4) is 0 Å². The molecule has 1 aliphatic carbocycles. The molecular formula is C10H20N2O2. The molecule has 0 aromatic heterocycles. The Kier molecular flexibility index (Phi) is 3.37. The van der Waals surface area contributed by atoms with E-state index in [0.29, 0.717) is 0 Å². The molecular weight excluding hydrogens is 180 g/mol. The maximum Gasteiger partial charge on any atom is 0.407 e. The lowest BCUT2D eigenvalue weighted by Gasteiger charge is -2.23. The topological polar surface area (TPSA) is 64.3 Å². The van der Waals surface area contributed by atoms with Crippen molar-refractivity contribution in [3.05, 3.63) is 0 Å². The second-order valence-corrected chi connectivity index (χ2v) is 4.85. The highest BCUT2D eigenvalue weighted by atomic mass is 16.6. The average Bonchev–Trinajstić information content (AvgIpc) is 2.32. The van der Waals surface area contributed by atoms with Crippen molar-refractivity contribution in [2.45, 2.75) is 57.7 Å². The smallest absolute Gasteiger partial charge is 0.407 e. The minimum Gasteiger partial charge on any atom is -0.444 e. The molecule has 1 saturated carbocycles. The summed E-state index contributed by atoms with van der Waals surface area (Å²) in [6, 6.07) is 0.173. The number of nitrogens with two attached hydrogens (primary N) is 1. The Bertz CT molecular complexity index is 211. The molecule has 1 fully saturated rings. The predicted octanol–water partition coefficient (Wildman–Crippen LogP) is 1.39. The lowest BCUT2D eigenvalue weighted by atomic mass is 10.2. The first-order valence-corrected chi connectivity index (χ1v) is 5.13. The number of carbonyl (C=O) groups excluding carboxylic acids is 1. The third-order valence-corrected chi connectivity index (χ3v) is 2.27. The van der Waals surface area contributed by atoms with Gasteiger partial charge in [-0.25, -0.2) is 4.79 Å². The van der Waals surface area contributed by atoms with E-state index in [-0.39, 0.29) is 18.2 Å². The molecule has 1 aliphatic rings. The van der Waals surface area contributed by atoms with Crippen LogP contribution in [0.2, 0.25) is 0 Å². The number of amides is 1. The maximum atomic E-state index is 11.4. The van der Waals surface area contributed by atoms with Crippen LogP contribution < -0.4 is 11.1 Å². The van der Waals surface area contributed by atoms with Crippen LogP contribution in [0.1, 0.15) is 40.0 Å². The summed E-state index contributed by atoms with van der Waals surface area (Å²) >= 11 is 0. The highest BCUT2D eigenvalue weighted by Gasteiger charge is 2.27. The van der Waals surface area contributed by atoms with Crippen LogP contribution in [0.5, 0.6) is 0 Å². The zero-order chi connectivity index (χ0) is 10.8. The average molecular weight is 200 g/mol. The number of nitrogens with one attached hydrogen (secondary N) is 1. The Morgan fingerprint density at radius 1 is 1.43 bits per heavy atom. The van der Waals surface area contributed by atoms with Crippen molar-refractivity contribution in [3.63, 3.8) is 0 Å². The zero-order valence-corrected chi connectivity index (χ0v) is 9.17. The van der Waals surface area contributed by atoms with Crippen LogP contribution in [0, 0.1) is 0 Å². The van der Waals surface area contributed by atoms with Crippen molar-refractivity contribution in [2.24, 2.45) is 5.73 Å². The van der Waals surface area contributed by atoms with E-state index in [4.69, 9.17) is 10.5 Å². The number of ether oxygens (including phenoxy) is 1. The van der Waals surface area contributed by atoms with E-state index in [0.717, 1.165) is 19.3 Å². The number of rotatable bonds is 1. The van der Waals surface area contributed by atoms with E-state index in [1.165, 1.54) is 0 Å². The Morgan fingerprint density at radius 2 is 2.07 bits per heavy atom. The molecule has 2 atom stereocenters.